The zero-order valence-electron chi connectivity index (χ0n) is 18.6. The van der Waals surface area contributed by atoms with Crippen LogP contribution in [0, 0.1) is 0 Å². The maximum absolute atomic E-state index is 13.3. The number of carbonyl (C=O) groups excluding carboxylic acids is 1. The summed E-state index contributed by atoms with van der Waals surface area (Å²) in [7, 11) is 0. The summed E-state index contributed by atoms with van der Waals surface area (Å²) in [6.45, 7) is 7.69. The quantitative estimate of drug-likeness (QED) is 0.517. The van der Waals surface area contributed by atoms with Crippen LogP contribution >= 0.6 is 0 Å². The Morgan fingerprint density at radius 3 is 2.78 bits per heavy atom. The Kier molecular flexibility index (Phi) is 6.02. The highest BCUT2D eigenvalue weighted by Gasteiger charge is 2.32. The molecule has 3 aromatic rings. The lowest BCUT2D eigenvalue weighted by Crippen LogP contribution is -2.46. The molecule has 1 aliphatic heterocycles. The molecule has 1 amide bonds. The van der Waals surface area contributed by atoms with Gasteiger partial charge < -0.3 is 19.5 Å². The number of hydrogen-bond donors (Lipinski definition) is 2. The normalized spacial score (nSPS) is 13.6. The fourth-order valence-corrected chi connectivity index (χ4v) is 3.96. The number of H-pyrrole nitrogens is 1. The van der Waals surface area contributed by atoms with Crippen LogP contribution < -0.4 is 21.2 Å². The van der Waals surface area contributed by atoms with Crippen molar-refractivity contribution in [3.8, 4) is 5.75 Å². The molecule has 2 N–H and O–H groups in total. The van der Waals surface area contributed by atoms with Gasteiger partial charge in [0.2, 0.25) is 5.43 Å². The molecule has 0 aliphatic carbocycles. The zero-order chi connectivity index (χ0) is 22.8. The van der Waals surface area contributed by atoms with Gasteiger partial charge in [0.1, 0.15) is 5.82 Å². The molecule has 4 rings (SSSR count). The summed E-state index contributed by atoms with van der Waals surface area (Å²) in [5.74, 6) is 0.452. The molecule has 0 unspecified atom stereocenters. The molecule has 0 saturated heterocycles. The third kappa shape index (κ3) is 3.88. The van der Waals surface area contributed by atoms with E-state index in [-0.39, 0.29) is 35.4 Å². The Bertz CT molecular complexity index is 1260. The number of ether oxygens (including phenoxy) is 1. The van der Waals surface area contributed by atoms with Gasteiger partial charge in [0.05, 0.1) is 13.2 Å². The van der Waals surface area contributed by atoms with Gasteiger partial charge in [-0.2, -0.15) is 5.10 Å². The third-order valence-corrected chi connectivity index (χ3v) is 5.64. The summed E-state index contributed by atoms with van der Waals surface area (Å²) in [5, 5.41) is 9.59. The van der Waals surface area contributed by atoms with Crippen LogP contribution in [-0.2, 0) is 13.1 Å². The van der Waals surface area contributed by atoms with E-state index in [1.807, 2.05) is 25.3 Å². The van der Waals surface area contributed by atoms with E-state index < -0.39 is 0 Å². The Labute approximate surface area is 184 Å². The Hall–Kier alpha value is -3.56. The maximum Gasteiger partial charge on any atom is 0.349 e. The van der Waals surface area contributed by atoms with Crippen molar-refractivity contribution in [3.63, 3.8) is 0 Å². The van der Waals surface area contributed by atoms with Crippen molar-refractivity contribution in [3.05, 3.63) is 56.4 Å². The topological polar surface area (TPSA) is 114 Å². The van der Waals surface area contributed by atoms with Gasteiger partial charge in [-0.1, -0.05) is 19.4 Å². The van der Waals surface area contributed by atoms with Crippen LogP contribution in [0.4, 0.5) is 5.82 Å². The van der Waals surface area contributed by atoms with Crippen LogP contribution in [-0.4, -0.2) is 49.2 Å². The first-order valence-corrected chi connectivity index (χ1v) is 10.9. The molecule has 0 fully saturated rings. The summed E-state index contributed by atoms with van der Waals surface area (Å²) in [6.07, 6.45) is 1.73. The molecule has 0 saturated carbocycles. The smallest absolute Gasteiger partial charge is 0.349 e. The molecule has 10 nitrogen and oxygen atoms in total. The van der Waals surface area contributed by atoms with Crippen LogP contribution in [0.1, 0.15) is 49.8 Å². The lowest BCUT2D eigenvalue weighted by molar-refractivity contribution is 0.0637. The third-order valence-electron chi connectivity index (χ3n) is 5.64. The number of amides is 1. The molecule has 3 aromatic heterocycles. The molecule has 170 valence electrons. The Morgan fingerprint density at radius 2 is 2.03 bits per heavy atom. The SMILES string of the molecule is CCCCOc1c2n(c(CNc3cccc4n[nH]c(=O)n34)cc1=O)CCN(C(C)C)C2=O. The van der Waals surface area contributed by atoms with Crippen molar-refractivity contribution in [2.75, 3.05) is 18.5 Å². The van der Waals surface area contributed by atoms with Gasteiger partial charge in [0, 0.05) is 30.9 Å². The molecular weight excluding hydrogens is 412 g/mol. The summed E-state index contributed by atoms with van der Waals surface area (Å²) in [4.78, 5) is 40.1. The van der Waals surface area contributed by atoms with Gasteiger partial charge in [0.15, 0.2) is 17.1 Å². The Balaban J connectivity index is 1.72. The number of hydrogen-bond acceptors (Lipinski definition) is 6. The molecule has 0 atom stereocenters. The van der Waals surface area contributed by atoms with Crippen molar-refractivity contribution >= 4 is 17.4 Å². The fraction of sp³-hybridized carbons (Fsp3) is 0.455. The van der Waals surface area contributed by atoms with E-state index in [1.165, 1.54) is 10.5 Å². The second-order valence-corrected chi connectivity index (χ2v) is 8.11. The summed E-state index contributed by atoms with van der Waals surface area (Å²) in [5.41, 5.74) is 0.760. The molecule has 0 bridgehead atoms. The van der Waals surface area contributed by atoms with Crippen molar-refractivity contribution in [2.45, 2.75) is 52.7 Å². The number of aromatic nitrogens is 4. The number of nitrogens with zero attached hydrogens (tertiary/aromatic N) is 4. The second-order valence-electron chi connectivity index (χ2n) is 8.11. The molecule has 4 heterocycles. The minimum atomic E-state index is -0.357. The van der Waals surface area contributed by atoms with E-state index in [0.717, 1.165) is 12.8 Å². The van der Waals surface area contributed by atoms with Gasteiger partial charge in [-0.3, -0.25) is 9.59 Å². The van der Waals surface area contributed by atoms with Crippen LogP contribution in [0.25, 0.3) is 5.65 Å². The van der Waals surface area contributed by atoms with E-state index in [2.05, 4.69) is 15.5 Å². The first-order valence-electron chi connectivity index (χ1n) is 10.9. The van der Waals surface area contributed by atoms with E-state index in [1.54, 1.807) is 23.1 Å². The molecule has 32 heavy (non-hydrogen) atoms. The van der Waals surface area contributed by atoms with Gasteiger partial charge in [-0.25, -0.2) is 14.3 Å². The minimum Gasteiger partial charge on any atom is -0.487 e. The van der Waals surface area contributed by atoms with Gasteiger partial charge in [0.25, 0.3) is 5.91 Å². The number of unbranched alkanes of at least 4 members (excludes halogenated alkanes) is 1. The number of aromatic amines is 1. The molecule has 0 radical (unpaired) electrons. The Morgan fingerprint density at radius 1 is 1.22 bits per heavy atom. The number of pyridine rings is 2. The monoisotopic (exact) mass is 440 g/mol. The number of carbonyl (C=O) groups is 1. The van der Waals surface area contributed by atoms with Crippen LogP contribution in [0.2, 0.25) is 0 Å². The molecule has 10 heteroatoms. The van der Waals surface area contributed by atoms with Crippen molar-refractivity contribution in [1.82, 2.24) is 24.1 Å². The van der Waals surface area contributed by atoms with Crippen LogP contribution in [0.5, 0.6) is 5.75 Å². The maximum atomic E-state index is 13.3. The number of anilines is 1. The van der Waals surface area contributed by atoms with Crippen LogP contribution in [0.3, 0.4) is 0 Å². The van der Waals surface area contributed by atoms with Crippen molar-refractivity contribution < 1.29 is 9.53 Å². The van der Waals surface area contributed by atoms with E-state index in [9.17, 15) is 14.4 Å². The van der Waals surface area contributed by atoms with Crippen molar-refractivity contribution in [1.29, 1.82) is 0 Å². The summed E-state index contributed by atoms with van der Waals surface area (Å²) < 4.78 is 9.07. The predicted molar refractivity (Wildman–Crippen MR) is 120 cm³/mol. The number of nitrogens with one attached hydrogen (secondary N) is 2. The highest BCUT2D eigenvalue weighted by atomic mass is 16.5. The van der Waals surface area contributed by atoms with Gasteiger partial charge >= 0.3 is 5.69 Å². The molecule has 1 aliphatic rings. The van der Waals surface area contributed by atoms with Gasteiger partial charge in [-0.15, -0.1) is 0 Å². The average molecular weight is 441 g/mol. The van der Waals surface area contributed by atoms with Crippen molar-refractivity contribution in [2.24, 2.45) is 0 Å². The lowest BCUT2D eigenvalue weighted by Gasteiger charge is -2.35. The highest BCUT2D eigenvalue weighted by molar-refractivity contribution is 5.96. The highest BCUT2D eigenvalue weighted by Crippen LogP contribution is 2.24. The molecule has 0 spiro atoms. The standard InChI is InChI=1S/C22H28N6O4/c1-4-5-11-32-20-16(29)12-15(27-10-9-26(14(2)3)21(30)19(20)27)13-23-17-7-6-8-18-24-25-22(31)28(17)18/h6-8,12,14,23H,4-5,9-11,13H2,1-3H3,(H,25,31). The number of rotatable bonds is 8. The lowest BCUT2D eigenvalue weighted by atomic mass is 10.1. The van der Waals surface area contributed by atoms with E-state index >= 15 is 0 Å². The average Bonchev–Trinajstić information content (AvgIpc) is 3.15. The fourth-order valence-electron chi connectivity index (χ4n) is 3.96. The minimum absolute atomic E-state index is 0.0159. The molecular formula is C22H28N6O4. The zero-order valence-corrected chi connectivity index (χ0v) is 18.6. The molecule has 0 aromatic carbocycles. The van der Waals surface area contributed by atoms with Gasteiger partial charge in [-0.05, 0) is 32.4 Å². The van der Waals surface area contributed by atoms with Crippen LogP contribution in [0.15, 0.2) is 33.9 Å². The predicted octanol–water partition coefficient (Wildman–Crippen LogP) is 1.84. The van der Waals surface area contributed by atoms with E-state index in [4.69, 9.17) is 4.74 Å². The number of fused-ring (bicyclic) bond motifs is 2. The van der Waals surface area contributed by atoms with E-state index in [0.29, 0.717) is 42.5 Å². The first-order chi connectivity index (χ1) is 15.4. The summed E-state index contributed by atoms with van der Waals surface area (Å²) in [6, 6.07) is 6.79. The summed E-state index contributed by atoms with van der Waals surface area (Å²) >= 11 is 0. The largest absolute Gasteiger partial charge is 0.487 e. The first kappa shape index (κ1) is 21.7. The second kappa shape index (κ2) is 8.89.